The van der Waals surface area contributed by atoms with Gasteiger partial charge in [-0.25, -0.2) is 5.32 Å². The lowest BCUT2D eigenvalue weighted by Crippen LogP contribution is -2.16. The predicted molar refractivity (Wildman–Crippen MR) is 25.3 cm³/mol. The third kappa shape index (κ3) is 1.18. The number of amides is 1. The molecule has 0 aromatic rings. The van der Waals surface area contributed by atoms with E-state index in [0.29, 0.717) is 6.42 Å². The first-order chi connectivity index (χ1) is 3.39. The van der Waals surface area contributed by atoms with E-state index in [9.17, 15) is 4.79 Å². The summed E-state index contributed by atoms with van der Waals surface area (Å²) in [5, 5.41) is 3.57. The molecule has 2 nitrogen and oxygen atoms in total. The van der Waals surface area contributed by atoms with Gasteiger partial charge in [-0.2, -0.15) is 0 Å². The zero-order valence-corrected chi connectivity index (χ0v) is 4.05. The molecular formula is C5H7NO. The zero-order chi connectivity index (χ0) is 5.11. The van der Waals surface area contributed by atoms with Gasteiger partial charge in [-0.05, 0) is 12.8 Å². The second-order valence-corrected chi connectivity index (χ2v) is 1.60. The van der Waals surface area contributed by atoms with E-state index in [-0.39, 0.29) is 5.91 Å². The molecule has 1 saturated heterocycles. The van der Waals surface area contributed by atoms with Gasteiger partial charge in [0.2, 0.25) is 5.91 Å². The quantitative estimate of drug-likeness (QED) is 0.432. The summed E-state index contributed by atoms with van der Waals surface area (Å²) in [5.41, 5.74) is 0. The number of rotatable bonds is 0. The number of carbonyl (C=O) groups excluding carboxylic acids is 1. The Morgan fingerprint density at radius 2 is 2.57 bits per heavy atom. The molecule has 2 heteroatoms. The van der Waals surface area contributed by atoms with Gasteiger partial charge in [0.15, 0.2) is 0 Å². The lowest BCUT2D eigenvalue weighted by Gasteiger charge is -2.05. The third-order valence-electron chi connectivity index (χ3n) is 0.959. The molecule has 0 aromatic heterocycles. The molecule has 0 atom stereocenters. The molecule has 0 saturated carbocycles. The molecular weight excluding hydrogens is 90.1 g/mol. The second kappa shape index (κ2) is 1.96. The van der Waals surface area contributed by atoms with Crippen molar-refractivity contribution in [1.29, 1.82) is 0 Å². The van der Waals surface area contributed by atoms with E-state index in [1.807, 2.05) is 0 Å². The molecule has 1 amide bonds. The summed E-state index contributed by atoms with van der Waals surface area (Å²) in [4.78, 5) is 10.3. The molecule has 0 unspecified atom stereocenters. The summed E-state index contributed by atoms with van der Waals surface area (Å²) in [7, 11) is 0. The Morgan fingerprint density at radius 3 is 2.86 bits per heavy atom. The average molecular weight is 97.1 g/mol. The molecule has 1 aliphatic rings. The molecule has 0 bridgehead atoms. The molecule has 0 spiro atoms. The minimum Gasteiger partial charge on any atom is -0.273 e. The summed E-state index contributed by atoms with van der Waals surface area (Å²) >= 11 is 0. The van der Waals surface area contributed by atoms with Crippen LogP contribution in [0.4, 0.5) is 0 Å². The molecule has 0 N–H and O–H groups in total. The van der Waals surface area contributed by atoms with Crippen LogP contribution in [0.1, 0.15) is 19.3 Å². The SMILES string of the molecule is O=C1CCC[CH][N]1. The third-order valence-corrected chi connectivity index (χ3v) is 0.959. The Bertz CT molecular complexity index is 72.1. The minimum atomic E-state index is 0.0336. The van der Waals surface area contributed by atoms with Gasteiger partial charge in [-0.3, -0.25) is 4.79 Å². The highest BCUT2D eigenvalue weighted by Crippen LogP contribution is 2.03. The van der Waals surface area contributed by atoms with E-state index in [0.717, 1.165) is 12.8 Å². The van der Waals surface area contributed by atoms with Gasteiger partial charge in [-0.15, -0.1) is 0 Å². The van der Waals surface area contributed by atoms with Crippen LogP contribution in [0.5, 0.6) is 0 Å². The number of hydrogen-bond donors (Lipinski definition) is 0. The Morgan fingerprint density at radius 1 is 1.71 bits per heavy atom. The Labute approximate surface area is 42.9 Å². The smallest absolute Gasteiger partial charge is 0.241 e. The number of nitrogens with zero attached hydrogens (tertiary/aromatic N) is 1. The Balaban J connectivity index is 2.25. The van der Waals surface area contributed by atoms with E-state index < -0.39 is 0 Å². The fourth-order valence-electron chi connectivity index (χ4n) is 0.575. The van der Waals surface area contributed by atoms with Gasteiger partial charge < -0.3 is 0 Å². The van der Waals surface area contributed by atoms with Gasteiger partial charge >= 0.3 is 0 Å². The summed E-state index contributed by atoms with van der Waals surface area (Å²) in [6, 6.07) is 0. The predicted octanol–water partition coefficient (Wildman–Crippen LogP) is 0.463. The highest BCUT2D eigenvalue weighted by atomic mass is 16.1. The standard InChI is InChI=1S/C5H7NO/c7-5-3-1-2-4-6-5/h4H,1-3H2. The van der Waals surface area contributed by atoms with Crippen LogP contribution in [-0.2, 0) is 4.79 Å². The van der Waals surface area contributed by atoms with Crippen molar-refractivity contribution in [2.45, 2.75) is 19.3 Å². The van der Waals surface area contributed by atoms with Crippen molar-refractivity contribution in [3.63, 3.8) is 0 Å². The zero-order valence-electron chi connectivity index (χ0n) is 4.05. The topological polar surface area (TPSA) is 31.2 Å². The maximum absolute atomic E-state index is 10.3. The summed E-state index contributed by atoms with van der Waals surface area (Å²) in [5.74, 6) is 0.0336. The van der Waals surface area contributed by atoms with Crippen molar-refractivity contribution in [2.75, 3.05) is 0 Å². The fourth-order valence-corrected chi connectivity index (χ4v) is 0.575. The van der Waals surface area contributed by atoms with Crippen LogP contribution in [0.3, 0.4) is 0 Å². The van der Waals surface area contributed by atoms with Crippen LogP contribution in [-0.4, -0.2) is 5.91 Å². The van der Waals surface area contributed by atoms with Gasteiger partial charge in [0.25, 0.3) is 0 Å². The van der Waals surface area contributed by atoms with Crippen LogP contribution in [0, 0.1) is 6.54 Å². The maximum atomic E-state index is 10.3. The fraction of sp³-hybridized carbons (Fsp3) is 0.600. The Kier molecular flexibility index (Phi) is 1.29. The average Bonchev–Trinajstić information content (AvgIpc) is 1.69. The van der Waals surface area contributed by atoms with Gasteiger partial charge in [0, 0.05) is 6.42 Å². The lowest BCUT2D eigenvalue weighted by atomic mass is 10.2. The van der Waals surface area contributed by atoms with E-state index in [2.05, 4.69) is 5.32 Å². The molecule has 1 rings (SSSR count). The van der Waals surface area contributed by atoms with E-state index in [1.54, 1.807) is 6.54 Å². The van der Waals surface area contributed by atoms with Crippen molar-refractivity contribution in [3.8, 4) is 0 Å². The lowest BCUT2D eigenvalue weighted by molar-refractivity contribution is -0.121. The Hall–Kier alpha value is -0.530. The molecule has 7 heavy (non-hydrogen) atoms. The highest BCUT2D eigenvalue weighted by molar-refractivity contribution is 5.76. The van der Waals surface area contributed by atoms with Crippen molar-refractivity contribution in [2.24, 2.45) is 0 Å². The van der Waals surface area contributed by atoms with Crippen LogP contribution in [0.15, 0.2) is 0 Å². The second-order valence-electron chi connectivity index (χ2n) is 1.60. The van der Waals surface area contributed by atoms with Crippen LogP contribution in [0.2, 0.25) is 0 Å². The molecule has 0 aromatic carbocycles. The summed E-state index contributed by atoms with van der Waals surface area (Å²) < 4.78 is 0. The summed E-state index contributed by atoms with van der Waals surface area (Å²) in [6.07, 6.45) is 2.62. The largest absolute Gasteiger partial charge is 0.273 e. The highest BCUT2D eigenvalue weighted by Gasteiger charge is 2.07. The van der Waals surface area contributed by atoms with Gasteiger partial charge in [-0.1, -0.05) is 0 Å². The van der Waals surface area contributed by atoms with Gasteiger partial charge in [0.05, 0.1) is 6.54 Å². The number of carbonyl (C=O) groups is 1. The van der Waals surface area contributed by atoms with Crippen LogP contribution in [0.25, 0.3) is 0 Å². The molecule has 1 fully saturated rings. The van der Waals surface area contributed by atoms with Crippen LogP contribution < -0.4 is 5.32 Å². The monoisotopic (exact) mass is 97.1 g/mol. The maximum Gasteiger partial charge on any atom is 0.241 e. The van der Waals surface area contributed by atoms with Crippen molar-refractivity contribution < 1.29 is 4.79 Å². The number of piperidine rings is 1. The molecule has 1 aliphatic heterocycles. The van der Waals surface area contributed by atoms with E-state index >= 15 is 0 Å². The normalized spacial score (nSPS) is 21.4. The molecule has 2 radical (unpaired) electrons. The molecule has 0 aliphatic carbocycles. The summed E-state index contributed by atoms with van der Waals surface area (Å²) in [6.45, 7) is 1.69. The molecule has 38 valence electrons. The van der Waals surface area contributed by atoms with Crippen molar-refractivity contribution in [3.05, 3.63) is 6.54 Å². The first-order valence-corrected chi connectivity index (χ1v) is 2.45. The first-order valence-electron chi connectivity index (χ1n) is 2.45. The first kappa shape index (κ1) is 4.62. The van der Waals surface area contributed by atoms with Crippen LogP contribution >= 0.6 is 0 Å². The minimum absolute atomic E-state index is 0.0336. The van der Waals surface area contributed by atoms with Crippen molar-refractivity contribution >= 4 is 5.91 Å². The van der Waals surface area contributed by atoms with E-state index in [4.69, 9.17) is 0 Å². The van der Waals surface area contributed by atoms with Gasteiger partial charge in [0.1, 0.15) is 0 Å². The molecule has 1 heterocycles. The van der Waals surface area contributed by atoms with Crippen molar-refractivity contribution in [1.82, 2.24) is 5.32 Å². The van der Waals surface area contributed by atoms with E-state index in [1.165, 1.54) is 0 Å². The number of hydrogen-bond acceptors (Lipinski definition) is 1.